The number of guanidine groups is 1. The lowest BCUT2D eigenvalue weighted by Gasteiger charge is -2.11. The number of aromatic amines is 1. The number of halogens is 2. The van der Waals surface area contributed by atoms with Gasteiger partial charge in [-0.2, -0.15) is 5.10 Å². The van der Waals surface area contributed by atoms with Crippen molar-refractivity contribution in [3.8, 4) is 0 Å². The largest absolute Gasteiger partial charge is 0.351 e. The van der Waals surface area contributed by atoms with Gasteiger partial charge in [0.1, 0.15) is 5.15 Å². The fourth-order valence-electron chi connectivity index (χ4n) is 1.72. The molecule has 0 saturated carbocycles. The molecule has 20 heavy (non-hydrogen) atoms. The summed E-state index contributed by atoms with van der Waals surface area (Å²) < 4.78 is 1.83. The van der Waals surface area contributed by atoms with Gasteiger partial charge >= 0.3 is 0 Å². The van der Waals surface area contributed by atoms with Crippen molar-refractivity contribution in [2.24, 2.45) is 12.0 Å². The van der Waals surface area contributed by atoms with Crippen LogP contribution in [0.5, 0.6) is 0 Å². The van der Waals surface area contributed by atoms with Crippen molar-refractivity contribution in [2.75, 3.05) is 7.05 Å². The zero-order valence-corrected chi connectivity index (χ0v) is 12.8. The topological polar surface area (TPSA) is 70.0 Å². The lowest BCUT2D eigenvalue weighted by atomic mass is 10.4. The predicted octanol–water partition coefficient (Wildman–Crippen LogP) is 1.92. The maximum atomic E-state index is 6.02. The van der Waals surface area contributed by atoms with Crippen molar-refractivity contribution >= 4 is 29.2 Å². The minimum Gasteiger partial charge on any atom is -0.351 e. The Bertz CT molecular complexity index is 587. The molecule has 0 unspecified atom stereocenters. The average molecular weight is 315 g/mol. The third kappa shape index (κ3) is 3.46. The quantitative estimate of drug-likeness (QED) is 0.596. The van der Waals surface area contributed by atoms with Crippen LogP contribution in [0.25, 0.3) is 0 Å². The fraction of sp³-hybridized carbons (Fsp3) is 0.333. The Kier molecular flexibility index (Phi) is 4.92. The van der Waals surface area contributed by atoms with Crippen LogP contribution in [0, 0.1) is 0 Å². The van der Waals surface area contributed by atoms with Gasteiger partial charge < -0.3 is 15.2 Å². The zero-order valence-electron chi connectivity index (χ0n) is 11.2. The summed E-state index contributed by atoms with van der Waals surface area (Å²) in [6, 6.07) is 3.73. The van der Waals surface area contributed by atoms with E-state index >= 15 is 0 Å². The Labute approximate surface area is 127 Å². The first-order valence-electron chi connectivity index (χ1n) is 6.04. The molecule has 0 aliphatic carbocycles. The molecule has 2 heterocycles. The van der Waals surface area contributed by atoms with Gasteiger partial charge in [0, 0.05) is 26.0 Å². The van der Waals surface area contributed by atoms with Crippen LogP contribution in [0.2, 0.25) is 10.2 Å². The molecule has 2 rings (SSSR count). The molecule has 0 aliphatic rings. The van der Waals surface area contributed by atoms with E-state index in [-0.39, 0.29) is 0 Å². The summed E-state index contributed by atoms with van der Waals surface area (Å²) in [6.45, 7) is 1.19. The van der Waals surface area contributed by atoms with Crippen molar-refractivity contribution in [1.82, 2.24) is 25.4 Å². The van der Waals surface area contributed by atoms with E-state index in [2.05, 4.69) is 25.8 Å². The Balaban J connectivity index is 1.89. The first kappa shape index (κ1) is 14.7. The van der Waals surface area contributed by atoms with Crippen molar-refractivity contribution in [3.05, 3.63) is 39.9 Å². The Morgan fingerprint density at radius 2 is 2.15 bits per heavy atom. The predicted molar refractivity (Wildman–Crippen MR) is 81.1 cm³/mol. The smallest absolute Gasteiger partial charge is 0.191 e. The third-order valence-electron chi connectivity index (χ3n) is 2.88. The van der Waals surface area contributed by atoms with Gasteiger partial charge in [-0.05, 0) is 12.1 Å². The van der Waals surface area contributed by atoms with Gasteiger partial charge in [0.15, 0.2) is 5.96 Å². The van der Waals surface area contributed by atoms with Crippen molar-refractivity contribution in [1.29, 1.82) is 0 Å². The van der Waals surface area contributed by atoms with Gasteiger partial charge in [-0.3, -0.25) is 10.1 Å². The number of hydrogen-bond donors (Lipinski definition) is 3. The molecule has 0 aromatic carbocycles. The van der Waals surface area contributed by atoms with Crippen LogP contribution < -0.4 is 10.6 Å². The van der Waals surface area contributed by atoms with E-state index in [1.807, 2.05) is 23.7 Å². The van der Waals surface area contributed by atoms with Gasteiger partial charge in [-0.25, -0.2) is 0 Å². The van der Waals surface area contributed by atoms with E-state index in [1.54, 1.807) is 13.2 Å². The van der Waals surface area contributed by atoms with Crippen LogP contribution in [0.4, 0.5) is 0 Å². The highest BCUT2D eigenvalue weighted by Gasteiger charge is 2.09. The van der Waals surface area contributed by atoms with Crippen molar-refractivity contribution in [2.45, 2.75) is 13.1 Å². The number of aromatic nitrogens is 3. The number of rotatable bonds is 4. The molecule has 0 saturated heterocycles. The minimum absolute atomic E-state index is 0.531. The number of nitrogens with one attached hydrogen (secondary N) is 3. The van der Waals surface area contributed by atoms with Crippen LogP contribution in [0.1, 0.15) is 11.4 Å². The Morgan fingerprint density at radius 1 is 1.40 bits per heavy atom. The highest BCUT2D eigenvalue weighted by atomic mass is 35.5. The van der Waals surface area contributed by atoms with Crippen molar-refractivity contribution in [3.63, 3.8) is 0 Å². The lowest BCUT2D eigenvalue weighted by Crippen LogP contribution is -2.36. The first-order chi connectivity index (χ1) is 9.61. The SMILES string of the molecule is CN=C(NCc1ccn[nH]1)NCc1cc(Cl)c(Cl)n1C. The number of H-pyrrole nitrogens is 1. The highest BCUT2D eigenvalue weighted by molar-refractivity contribution is 6.41. The second kappa shape index (κ2) is 6.67. The van der Waals surface area contributed by atoms with Gasteiger partial charge in [0.05, 0.1) is 23.8 Å². The standard InChI is InChI=1S/C12H16Cl2N6/c1-15-12(16-6-8-3-4-18-19-8)17-7-9-5-10(13)11(14)20(9)2/h3-5H,6-7H2,1-2H3,(H,18,19)(H2,15,16,17). The molecule has 0 fully saturated rings. The molecule has 0 bridgehead atoms. The van der Waals surface area contributed by atoms with E-state index in [4.69, 9.17) is 23.2 Å². The zero-order chi connectivity index (χ0) is 14.5. The van der Waals surface area contributed by atoms with Crippen LogP contribution in [-0.4, -0.2) is 27.8 Å². The molecular formula is C12H16Cl2N6. The van der Waals surface area contributed by atoms with E-state index in [9.17, 15) is 0 Å². The molecule has 0 spiro atoms. The molecule has 0 amide bonds. The normalized spacial score (nSPS) is 11.7. The second-order valence-electron chi connectivity index (χ2n) is 4.19. The fourth-order valence-corrected chi connectivity index (χ4v) is 2.13. The molecule has 108 valence electrons. The van der Waals surface area contributed by atoms with Gasteiger partial charge in [0.25, 0.3) is 0 Å². The van der Waals surface area contributed by atoms with E-state index in [0.717, 1.165) is 11.4 Å². The molecule has 0 radical (unpaired) electrons. The van der Waals surface area contributed by atoms with Gasteiger partial charge in [0.2, 0.25) is 0 Å². The maximum absolute atomic E-state index is 6.02. The third-order valence-corrected chi connectivity index (χ3v) is 3.72. The van der Waals surface area contributed by atoms with Crippen LogP contribution >= 0.6 is 23.2 Å². The van der Waals surface area contributed by atoms with E-state index in [1.165, 1.54) is 0 Å². The van der Waals surface area contributed by atoms with E-state index in [0.29, 0.717) is 29.2 Å². The average Bonchev–Trinajstić information content (AvgIpc) is 3.04. The number of nitrogens with zero attached hydrogens (tertiary/aromatic N) is 3. The molecule has 2 aromatic rings. The molecule has 0 aliphatic heterocycles. The summed E-state index contributed by atoms with van der Waals surface area (Å²) in [6.07, 6.45) is 1.71. The maximum Gasteiger partial charge on any atom is 0.191 e. The Morgan fingerprint density at radius 3 is 2.70 bits per heavy atom. The lowest BCUT2D eigenvalue weighted by molar-refractivity contribution is 0.744. The summed E-state index contributed by atoms with van der Waals surface area (Å²) in [5.41, 5.74) is 1.96. The summed E-state index contributed by atoms with van der Waals surface area (Å²) in [7, 11) is 3.58. The second-order valence-corrected chi connectivity index (χ2v) is 4.96. The first-order valence-corrected chi connectivity index (χ1v) is 6.79. The molecule has 6 nitrogen and oxygen atoms in total. The van der Waals surface area contributed by atoms with Crippen LogP contribution in [0.15, 0.2) is 23.3 Å². The molecule has 8 heteroatoms. The van der Waals surface area contributed by atoms with Crippen LogP contribution in [-0.2, 0) is 20.1 Å². The minimum atomic E-state index is 0.531. The van der Waals surface area contributed by atoms with Crippen LogP contribution in [0.3, 0.4) is 0 Å². The van der Waals surface area contributed by atoms with Gasteiger partial charge in [-0.1, -0.05) is 23.2 Å². The monoisotopic (exact) mass is 314 g/mol. The molecule has 3 N–H and O–H groups in total. The Hall–Kier alpha value is -1.66. The molecule has 2 aromatic heterocycles. The summed E-state index contributed by atoms with van der Waals surface area (Å²) in [5.74, 6) is 0.688. The van der Waals surface area contributed by atoms with E-state index < -0.39 is 0 Å². The number of aliphatic imine (C=N–C) groups is 1. The van der Waals surface area contributed by atoms with Gasteiger partial charge in [-0.15, -0.1) is 0 Å². The van der Waals surface area contributed by atoms with Crippen molar-refractivity contribution < 1.29 is 0 Å². The molecular weight excluding hydrogens is 299 g/mol. The number of hydrogen-bond acceptors (Lipinski definition) is 2. The molecule has 0 atom stereocenters. The summed E-state index contributed by atoms with van der Waals surface area (Å²) >= 11 is 12.0. The summed E-state index contributed by atoms with van der Waals surface area (Å²) in [5, 5.41) is 14.2. The highest BCUT2D eigenvalue weighted by Crippen LogP contribution is 2.24. The summed E-state index contributed by atoms with van der Waals surface area (Å²) in [4.78, 5) is 4.15.